The first kappa shape index (κ1) is 12.2. The average molecular weight is 220 g/mol. The Morgan fingerprint density at radius 1 is 1.44 bits per heavy atom. The van der Waals surface area contributed by atoms with Gasteiger partial charge >= 0.3 is 0 Å². The first-order chi connectivity index (χ1) is 7.68. The number of hydrogen-bond donors (Lipinski definition) is 2. The van der Waals surface area contributed by atoms with Gasteiger partial charge in [0.05, 0.1) is 12.1 Å². The van der Waals surface area contributed by atoms with Gasteiger partial charge in [0.1, 0.15) is 0 Å². The highest BCUT2D eigenvalue weighted by molar-refractivity contribution is 5.87. The van der Waals surface area contributed by atoms with Crippen LogP contribution in [0, 0.1) is 6.42 Å². The van der Waals surface area contributed by atoms with E-state index in [1.165, 1.54) is 6.42 Å². The van der Waals surface area contributed by atoms with Gasteiger partial charge in [0.25, 0.3) is 0 Å². The zero-order valence-corrected chi connectivity index (χ0v) is 8.85. The van der Waals surface area contributed by atoms with E-state index in [1.54, 1.807) is 24.4 Å². The summed E-state index contributed by atoms with van der Waals surface area (Å²) in [4.78, 5) is 25.7. The maximum absolute atomic E-state index is 11.3. The molecule has 1 radical (unpaired) electrons. The first-order valence-corrected chi connectivity index (χ1v) is 5.00. The Balaban J connectivity index is 2.19. The zero-order valence-electron chi connectivity index (χ0n) is 8.85. The van der Waals surface area contributed by atoms with E-state index in [4.69, 9.17) is 5.73 Å². The summed E-state index contributed by atoms with van der Waals surface area (Å²) in [5.41, 5.74) is 5.57. The van der Waals surface area contributed by atoms with Gasteiger partial charge in [-0.15, -0.1) is 0 Å². The van der Waals surface area contributed by atoms with Crippen molar-refractivity contribution in [1.29, 1.82) is 0 Å². The standard InChI is InChI=1S/C11H14N3O2/c12-10(15)5-3-7-14-11(16)8-9-4-1-2-6-13-9/h1-2,4,6,8H,3,5,7H2,(H2,12,15)(H,14,16). The van der Waals surface area contributed by atoms with E-state index in [1.807, 2.05) is 0 Å². The van der Waals surface area contributed by atoms with E-state index in [0.717, 1.165) is 0 Å². The minimum atomic E-state index is -0.358. The summed E-state index contributed by atoms with van der Waals surface area (Å²) in [6.45, 7) is 0.436. The van der Waals surface area contributed by atoms with Crippen molar-refractivity contribution in [2.24, 2.45) is 5.73 Å². The molecule has 0 spiro atoms. The molecule has 16 heavy (non-hydrogen) atoms. The monoisotopic (exact) mass is 220 g/mol. The number of carbonyl (C=O) groups is 2. The summed E-state index contributed by atoms with van der Waals surface area (Å²) in [6, 6.07) is 5.32. The van der Waals surface area contributed by atoms with Crippen molar-refractivity contribution in [3.8, 4) is 0 Å². The third-order valence-corrected chi connectivity index (χ3v) is 1.87. The van der Waals surface area contributed by atoms with E-state index < -0.39 is 0 Å². The first-order valence-electron chi connectivity index (χ1n) is 5.00. The molecule has 1 rings (SSSR count). The lowest BCUT2D eigenvalue weighted by Crippen LogP contribution is -2.26. The normalized spacial score (nSPS) is 9.75. The number of primary amides is 1. The maximum Gasteiger partial charge on any atom is 0.230 e. The van der Waals surface area contributed by atoms with Crippen molar-refractivity contribution < 1.29 is 9.59 Å². The smallest absolute Gasteiger partial charge is 0.230 e. The van der Waals surface area contributed by atoms with Crippen LogP contribution in [-0.2, 0) is 9.59 Å². The molecule has 1 aromatic rings. The molecular weight excluding hydrogens is 206 g/mol. The van der Waals surface area contributed by atoms with Crippen LogP contribution >= 0.6 is 0 Å². The lowest BCUT2D eigenvalue weighted by molar-refractivity contribution is -0.119. The lowest BCUT2D eigenvalue weighted by Gasteiger charge is -2.03. The lowest BCUT2D eigenvalue weighted by atomic mass is 10.2. The quantitative estimate of drug-likeness (QED) is 0.662. The molecule has 85 valence electrons. The fraction of sp³-hybridized carbons (Fsp3) is 0.273. The minimum Gasteiger partial charge on any atom is -0.370 e. The molecule has 1 heterocycles. The number of nitrogens with zero attached hydrogens (tertiary/aromatic N) is 1. The van der Waals surface area contributed by atoms with Crippen molar-refractivity contribution in [3.63, 3.8) is 0 Å². The maximum atomic E-state index is 11.3. The summed E-state index contributed by atoms with van der Waals surface area (Å²) in [5.74, 6) is -0.578. The molecule has 0 aromatic carbocycles. The van der Waals surface area contributed by atoms with Gasteiger partial charge in [-0.1, -0.05) is 6.07 Å². The molecule has 0 aliphatic carbocycles. The number of nitrogens with one attached hydrogen (secondary N) is 1. The highest BCUT2D eigenvalue weighted by Gasteiger charge is 2.04. The second kappa shape index (κ2) is 6.55. The van der Waals surface area contributed by atoms with E-state index >= 15 is 0 Å². The van der Waals surface area contributed by atoms with Crippen LogP contribution in [0.3, 0.4) is 0 Å². The molecule has 0 atom stereocenters. The van der Waals surface area contributed by atoms with Crippen LogP contribution in [0.15, 0.2) is 24.4 Å². The van der Waals surface area contributed by atoms with Crippen LogP contribution in [-0.4, -0.2) is 23.3 Å². The van der Waals surface area contributed by atoms with Gasteiger partial charge in [-0.2, -0.15) is 0 Å². The topological polar surface area (TPSA) is 85.1 Å². The molecular formula is C11H14N3O2. The summed E-state index contributed by atoms with van der Waals surface area (Å²) < 4.78 is 0. The minimum absolute atomic E-state index is 0.219. The SMILES string of the molecule is NC(=O)CCCNC(=O)[CH]c1ccccn1. The van der Waals surface area contributed by atoms with Gasteiger partial charge in [0.15, 0.2) is 0 Å². The van der Waals surface area contributed by atoms with Crippen molar-refractivity contribution in [1.82, 2.24) is 10.3 Å². The fourth-order valence-electron chi connectivity index (χ4n) is 1.12. The molecule has 5 heteroatoms. The molecule has 0 unspecified atom stereocenters. The van der Waals surface area contributed by atoms with Crippen molar-refractivity contribution in [2.45, 2.75) is 12.8 Å². The number of nitrogens with two attached hydrogens (primary N) is 1. The van der Waals surface area contributed by atoms with E-state index in [0.29, 0.717) is 18.7 Å². The predicted molar refractivity (Wildman–Crippen MR) is 59.1 cm³/mol. The van der Waals surface area contributed by atoms with Gasteiger partial charge in [0.2, 0.25) is 11.8 Å². The number of pyridine rings is 1. The molecule has 0 saturated heterocycles. The average Bonchev–Trinajstić information content (AvgIpc) is 2.25. The molecule has 5 nitrogen and oxygen atoms in total. The summed E-state index contributed by atoms with van der Waals surface area (Å²) >= 11 is 0. The van der Waals surface area contributed by atoms with E-state index in [9.17, 15) is 9.59 Å². The highest BCUT2D eigenvalue weighted by atomic mass is 16.2. The van der Waals surface area contributed by atoms with Crippen LogP contribution in [0.25, 0.3) is 0 Å². The van der Waals surface area contributed by atoms with Crippen molar-refractivity contribution in [2.75, 3.05) is 6.54 Å². The zero-order chi connectivity index (χ0) is 11.8. The second-order valence-electron chi connectivity index (χ2n) is 3.26. The Labute approximate surface area is 94.1 Å². The third-order valence-electron chi connectivity index (χ3n) is 1.87. The Morgan fingerprint density at radius 3 is 2.88 bits per heavy atom. The Bertz CT molecular complexity index is 352. The van der Waals surface area contributed by atoms with Gasteiger partial charge in [-0.25, -0.2) is 0 Å². The van der Waals surface area contributed by atoms with E-state index in [-0.39, 0.29) is 18.2 Å². The van der Waals surface area contributed by atoms with Crippen LogP contribution in [0.1, 0.15) is 18.5 Å². The van der Waals surface area contributed by atoms with Crippen LogP contribution in [0.2, 0.25) is 0 Å². The second-order valence-corrected chi connectivity index (χ2v) is 3.26. The number of carbonyl (C=O) groups excluding carboxylic acids is 2. The molecule has 0 saturated carbocycles. The molecule has 3 N–H and O–H groups in total. The summed E-state index contributed by atoms with van der Waals surface area (Å²) in [5, 5.41) is 2.64. The molecule has 0 bridgehead atoms. The van der Waals surface area contributed by atoms with Crippen molar-refractivity contribution in [3.05, 3.63) is 36.5 Å². The molecule has 0 aliphatic heterocycles. The number of hydrogen-bond acceptors (Lipinski definition) is 3. The van der Waals surface area contributed by atoms with Gasteiger partial charge in [-0.05, 0) is 18.6 Å². The van der Waals surface area contributed by atoms with Crippen LogP contribution < -0.4 is 11.1 Å². The van der Waals surface area contributed by atoms with Gasteiger partial charge in [0, 0.05) is 19.2 Å². The highest BCUT2D eigenvalue weighted by Crippen LogP contribution is 1.96. The van der Waals surface area contributed by atoms with Gasteiger partial charge < -0.3 is 11.1 Å². The molecule has 0 fully saturated rings. The van der Waals surface area contributed by atoms with Crippen LogP contribution in [0.5, 0.6) is 0 Å². The summed E-state index contributed by atoms with van der Waals surface area (Å²) in [7, 11) is 0. The number of amides is 2. The Morgan fingerprint density at radius 2 is 2.25 bits per heavy atom. The van der Waals surface area contributed by atoms with Crippen LogP contribution in [0.4, 0.5) is 0 Å². The largest absolute Gasteiger partial charge is 0.370 e. The summed E-state index contributed by atoms with van der Waals surface area (Å²) in [6.07, 6.45) is 3.86. The molecule has 1 aromatic heterocycles. The Kier molecular flexibility index (Phi) is 4.98. The molecule has 0 aliphatic rings. The number of aromatic nitrogens is 1. The van der Waals surface area contributed by atoms with E-state index in [2.05, 4.69) is 10.3 Å². The Hall–Kier alpha value is -1.91. The van der Waals surface area contributed by atoms with Gasteiger partial charge in [-0.3, -0.25) is 14.6 Å². The molecule has 2 amide bonds. The van der Waals surface area contributed by atoms with Crippen molar-refractivity contribution >= 4 is 11.8 Å². The number of rotatable bonds is 6. The third kappa shape index (κ3) is 5.09. The predicted octanol–water partition coefficient (Wildman–Crippen LogP) is 0.0157. The fourth-order valence-corrected chi connectivity index (χ4v) is 1.12.